The number of halogens is 1. The summed E-state index contributed by atoms with van der Waals surface area (Å²) in [5.74, 6) is -0.782. The summed E-state index contributed by atoms with van der Waals surface area (Å²) < 4.78 is 10.4. The van der Waals surface area contributed by atoms with Gasteiger partial charge in [-0.3, -0.25) is 0 Å². The molecule has 0 amide bonds. The normalized spacial score (nSPS) is 10.6. The predicted octanol–water partition coefficient (Wildman–Crippen LogP) is 2.25. The van der Waals surface area contributed by atoms with E-state index in [-0.39, 0.29) is 12.2 Å². The summed E-state index contributed by atoms with van der Waals surface area (Å²) in [4.78, 5) is 22.9. The van der Waals surface area contributed by atoms with E-state index in [9.17, 15) is 9.59 Å². The molecule has 2 rings (SSSR count). The molecule has 1 heterocycles. The maximum Gasteiger partial charge on any atom is 0.429 e. The minimum atomic E-state index is -0.782. The summed E-state index contributed by atoms with van der Waals surface area (Å²) >= 11 is 5.73. The molecule has 1 aromatic carbocycles. The molecule has 0 unspecified atom stereocenters. The summed E-state index contributed by atoms with van der Waals surface area (Å²) in [7, 11) is 0. The fourth-order valence-corrected chi connectivity index (χ4v) is 1.52. The Balaban J connectivity index is 2.65. The largest absolute Gasteiger partial charge is 0.449 e. The van der Waals surface area contributed by atoms with Crippen LogP contribution in [0.3, 0.4) is 0 Å². The van der Waals surface area contributed by atoms with Crippen LogP contribution in [0.4, 0.5) is 4.79 Å². The maximum absolute atomic E-state index is 11.5. The number of aromatic nitrogens is 1. The monoisotopic (exact) mass is 241 g/mol. The first-order valence-corrected chi connectivity index (χ1v) is 4.99. The smallest absolute Gasteiger partial charge is 0.429 e. The highest BCUT2D eigenvalue weighted by atomic mass is 35.5. The van der Waals surface area contributed by atoms with Crippen molar-refractivity contribution in [2.24, 2.45) is 0 Å². The van der Waals surface area contributed by atoms with E-state index in [0.29, 0.717) is 10.5 Å². The van der Waals surface area contributed by atoms with Crippen LogP contribution in [0.15, 0.2) is 27.4 Å². The summed E-state index contributed by atoms with van der Waals surface area (Å²) in [5, 5.41) is 0.428. The lowest BCUT2D eigenvalue weighted by Gasteiger charge is -2.00. The number of hydrogen-bond donors (Lipinski definition) is 0. The molecule has 84 valence electrons. The van der Waals surface area contributed by atoms with Gasteiger partial charge in [0, 0.05) is 11.1 Å². The van der Waals surface area contributed by atoms with Crippen molar-refractivity contribution in [1.29, 1.82) is 0 Å². The lowest BCUT2D eigenvalue weighted by Crippen LogP contribution is -2.23. The Labute approximate surface area is 95.2 Å². The van der Waals surface area contributed by atoms with Crippen LogP contribution < -0.4 is 5.76 Å². The molecule has 2 aromatic rings. The molecule has 5 nitrogen and oxygen atoms in total. The predicted molar refractivity (Wildman–Crippen MR) is 57.9 cm³/mol. The number of rotatable bonds is 1. The van der Waals surface area contributed by atoms with E-state index < -0.39 is 11.8 Å². The van der Waals surface area contributed by atoms with Crippen LogP contribution in [-0.2, 0) is 4.74 Å². The van der Waals surface area contributed by atoms with Crippen LogP contribution >= 0.6 is 11.6 Å². The molecule has 1 aromatic heterocycles. The molecule has 0 saturated heterocycles. The Morgan fingerprint density at radius 3 is 3.00 bits per heavy atom. The molecule has 0 aliphatic heterocycles. The minimum absolute atomic E-state index is 0.186. The molecule has 0 saturated carbocycles. The SMILES string of the molecule is CCOC(=O)n1c(=O)oc2cc(Cl)ccc21. The first-order chi connectivity index (χ1) is 7.63. The van der Waals surface area contributed by atoms with Crippen LogP contribution in [-0.4, -0.2) is 17.3 Å². The van der Waals surface area contributed by atoms with Crippen molar-refractivity contribution in [2.45, 2.75) is 6.92 Å². The third kappa shape index (κ3) is 1.69. The summed E-state index contributed by atoms with van der Waals surface area (Å²) in [6, 6.07) is 4.56. The molecule has 0 spiro atoms. The van der Waals surface area contributed by atoms with Crippen LogP contribution in [0.1, 0.15) is 6.92 Å². The quantitative estimate of drug-likeness (QED) is 0.768. The van der Waals surface area contributed by atoms with Crippen molar-refractivity contribution in [3.63, 3.8) is 0 Å². The lowest BCUT2D eigenvalue weighted by molar-refractivity contribution is 0.153. The first-order valence-electron chi connectivity index (χ1n) is 4.61. The molecule has 0 N–H and O–H groups in total. The maximum atomic E-state index is 11.5. The molecule has 16 heavy (non-hydrogen) atoms. The van der Waals surface area contributed by atoms with Gasteiger partial charge < -0.3 is 9.15 Å². The Morgan fingerprint density at radius 1 is 1.56 bits per heavy atom. The van der Waals surface area contributed by atoms with E-state index >= 15 is 0 Å². The molecule has 0 aliphatic rings. The zero-order valence-electron chi connectivity index (χ0n) is 8.40. The van der Waals surface area contributed by atoms with E-state index in [1.54, 1.807) is 13.0 Å². The standard InChI is InChI=1S/C10H8ClNO4/c1-2-15-9(13)12-7-4-3-6(11)5-8(7)16-10(12)14/h3-5H,2H2,1H3. The number of nitrogens with zero attached hydrogens (tertiary/aromatic N) is 1. The van der Waals surface area contributed by atoms with Gasteiger partial charge in [0.1, 0.15) is 5.52 Å². The van der Waals surface area contributed by atoms with Crippen molar-refractivity contribution >= 4 is 28.8 Å². The molecule has 0 radical (unpaired) electrons. The number of ether oxygens (including phenoxy) is 1. The molecule has 0 fully saturated rings. The summed E-state index contributed by atoms with van der Waals surface area (Å²) in [5.41, 5.74) is 0.596. The zero-order valence-corrected chi connectivity index (χ0v) is 9.15. The van der Waals surface area contributed by atoms with Crippen LogP contribution in [0.5, 0.6) is 0 Å². The Kier molecular flexibility index (Phi) is 2.70. The van der Waals surface area contributed by atoms with Crippen molar-refractivity contribution in [3.05, 3.63) is 33.8 Å². The van der Waals surface area contributed by atoms with Crippen molar-refractivity contribution in [1.82, 2.24) is 4.57 Å². The number of oxazole rings is 1. The number of fused-ring (bicyclic) bond motifs is 1. The van der Waals surface area contributed by atoms with E-state index in [0.717, 1.165) is 4.57 Å². The topological polar surface area (TPSA) is 61.4 Å². The van der Waals surface area contributed by atoms with Gasteiger partial charge in [0.25, 0.3) is 0 Å². The van der Waals surface area contributed by atoms with Crippen molar-refractivity contribution < 1.29 is 13.9 Å². The highest BCUT2D eigenvalue weighted by Gasteiger charge is 2.16. The van der Waals surface area contributed by atoms with Crippen LogP contribution in [0.2, 0.25) is 5.02 Å². The van der Waals surface area contributed by atoms with Gasteiger partial charge in [-0.05, 0) is 19.1 Å². The molecule has 0 atom stereocenters. The number of hydrogen-bond acceptors (Lipinski definition) is 4. The van der Waals surface area contributed by atoms with E-state index in [2.05, 4.69) is 0 Å². The average Bonchev–Trinajstić information content (AvgIpc) is 2.53. The molecule has 0 bridgehead atoms. The molecule has 0 aliphatic carbocycles. The second-order valence-electron chi connectivity index (χ2n) is 3.01. The molecule has 6 heteroatoms. The highest BCUT2D eigenvalue weighted by Crippen LogP contribution is 2.18. The molecular formula is C10H8ClNO4. The fraction of sp³-hybridized carbons (Fsp3) is 0.200. The lowest BCUT2D eigenvalue weighted by atomic mass is 10.3. The fourth-order valence-electron chi connectivity index (χ4n) is 1.35. The average molecular weight is 242 g/mol. The second-order valence-corrected chi connectivity index (χ2v) is 3.45. The Hall–Kier alpha value is -1.75. The van der Waals surface area contributed by atoms with Gasteiger partial charge >= 0.3 is 11.8 Å². The van der Waals surface area contributed by atoms with E-state index in [1.165, 1.54) is 12.1 Å². The third-order valence-corrected chi connectivity index (χ3v) is 2.23. The van der Waals surface area contributed by atoms with Gasteiger partial charge in [-0.25, -0.2) is 9.59 Å². The van der Waals surface area contributed by atoms with Gasteiger partial charge in [-0.2, -0.15) is 4.57 Å². The third-order valence-electron chi connectivity index (χ3n) is 1.99. The second kappa shape index (κ2) is 4.02. The van der Waals surface area contributed by atoms with Gasteiger partial charge in [0.05, 0.1) is 6.61 Å². The summed E-state index contributed by atoms with van der Waals surface area (Å²) in [6.45, 7) is 1.84. The zero-order chi connectivity index (χ0) is 11.7. The number of benzene rings is 1. The Bertz CT molecular complexity index is 598. The van der Waals surface area contributed by atoms with Crippen LogP contribution in [0.25, 0.3) is 11.1 Å². The van der Waals surface area contributed by atoms with Gasteiger partial charge in [-0.15, -0.1) is 0 Å². The van der Waals surface area contributed by atoms with Gasteiger partial charge in [0.15, 0.2) is 5.58 Å². The Morgan fingerprint density at radius 2 is 2.31 bits per heavy atom. The number of carbonyl (C=O) groups is 1. The van der Waals surface area contributed by atoms with E-state index in [4.69, 9.17) is 20.8 Å². The highest BCUT2D eigenvalue weighted by molar-refractivity contribution is 6.31. The molecular weight excluding hydrogens is 234 g/mol. The first kappa shape index (κ1) is 10.8. The van der Waals surface area contributed by atoms with Gasteiger partial charge in [-0.1, -0.05) is 11.6 Å². The minimum Gasteiger partial charge on any atom is -0.449 e. The van der Waals surface area contributed by atoms with Crippen molar-refractivity contribution in [3.8, 4) is 0 Å². The van der Waals surface area contributed by atoms with Crippen molar-refractivity contribution in [2.75, 3.05) is 6.61 Å². The van der Waals surface area contributed by atoms with Crippen LogP contribution in [0, 0.1) is 0 Å². The van der Waals surface area contributed by atoms with Gasteiger partial charge in [0.2, 0.25) is 0 Å². The summed E-state index contributed by atoms with van der Waals surface area (Å²) in [6.07, 6.45) is -0.756. The number of carbonyl (C=O) groups excluding carboxylic acids is 1. The van der Waals surface area contributed by atoms with E-state index in [1.807, 2.05) is 0 Å².